The Morgan fingerprint density at radius 3 is 2.81 bits per heavy atom. The molecular formula is C24H27N3O3S. The number of fused-ring (bicyclic) bond motifs is 3. The molecular weight excluding hydrogens is 410 g/mol. The standard InChI is InChI=1S/C24H27N3O3S/c1-2-14-31-22-19(8-5-11-25-22)23(28)26-12-9-17(10-13-26)27-21-18-7-4-3-6-16(18)15-20(21)30-24(27)29/h3-8,11,17,20-21H,2,9-10,12-15H2,1H3/t20-,21+/m0/s1. The molecule has 3 aliphatic rings. The van der Waals surface area contributed by atoms with Crippen molar-refractivity contribution < 1.29 is 14.3 Å². The summed E-state index contributed by atoms with van der Waals surface area (Å²) in [6.45, 7) is 3.40. The van der Waals surface area contributed by atoms with Gasteiger partial charge < -0.3 is 9.64 Å². The number of carbonyl (C=O) groups excluding carboxylic acids is 2. The maximum absolute atomic E-state index is 13.2. The largest absolute Gasteiger partial charge is 0.443 e. The van der Waals surface area contributed by atoms with E-state index in [2.05, 4.69) is 24.0 Å². The number of likely N-dealkylation sites (tertiary alicyclic amines) is 1. The molecule has 2 amide bonds. The first-order valence-electron chi connectivity index (χ1n) is 11.1. The molecule has 0 bridgehead atoms. The smallest absolute Gasteiger partial charge is 0.411 e. The summed E-state index contributed by atoms with van der Waals surface area (Å²) < 4.78 is 5.73. The van der Waals surface area contributed by atoms with Gasteiger partial charge in [-0.05, 0) is 48.3 Å². The highest BCUT2D eigenvalue weighted by Crippen LogP contribution is 2.44. The second kappa shape index (κ2) is 8.54. The molecule has 3 heterocycles. The predicted molar refractivity (Wildman–Crippen MR) is 119 cm³/mol. The van der Waals surface area contributed by atoms with Gasteiger partial charge in [-0.1, -0.05) is 31.2 Å². The number of pyridine rings is 1. The lowest BCUT2D eigenvalue weighted by molar-refractivity contribution is 0.0632. The van der Waals surface area contributed by atoms with Crippen LogP contribution in [-0.2, 0) is 11.2 Å². The Bertz CT molecular complexity index is 990. The minimum Gasteiger partial charge on any atom is -0.443 e. The summed E-state index contributed by atoms with van der Waals surface area (Å²) in [7, 11) is 0. The topological polar surface area (TPSA) is 62.7 Å². The van der Waals surface area contributed by atoms with Crippen molar-refractivity contribution in [3.8, 4) is 0 Å². The summed E-state index contributed by atoms with van der Waals surface area (Å²) >= 11 is 1.64. The van der Waals surface area contributed by atoms with E-state index < -0.39 is 0 Å². The van der Waals surface area contributed by atoms with Crippen molar-refractivity contribution in [2.75, 3.05) is 18.8 Å². The average Bonchev–Trinajstić information content (AvgIpc) is 3.31. The molecule has 0 spiro atoms. The Morgan fingerprint density at radius 2 is 2.00 bits per heavy atom. The van der Waals surface area contributed by atoms with Crippen LogP contribution >= 0.6 is 11.8 Å². The number of aromatic nitrogens is 1. The number of rotatable bonds is 5. The number of amides is 2. The fourth-order valence-corrected chi connectivity index (χ4v) is 5.88. The highest BCUT2D eigenvalue weighted by Gasteiger charge is 2.50. The average molecular weight is 438 g/mol. The normalized spacial score (nSPS) is 22.9. The number of piperidine rings is 1. The molecule has 2 fully saturated rings. The molecule has 2 atom stereocenters. The van der Waals surface area contributed by atoms with Crippen LogP contribution in [0, 0.1) is 0 Å². The lowest BCUT2D eigenvalue weighted by Crippen LogP contribution is -2.48. The minimum atomic E-state index is -0.209. The second-order valence-corrected chi connectivity index (χ2v) is 9.49. The molecule has 0 radical (unpaired) electrons. The molecule has 0 N–H and O–H groups in total. The predicted octanol–water partition coefficient (Wildman–Crippen LogP) is 4.31. The van der Waals surface area contributed by atoms with Crippen LogP contribution < -0.4 is 0 Å². The first-order chi connectivity index (χ1) is 15.2. The van der Waals surface area contributed by atoms with Gasteiger partial charge in [-0.15, -0.1) is 11.8 Å². The zero-order valence-corrected chi connectivity index (χ0v) is 18.5. The van der Waals surface area contributed by atoms with Crippen molar-refractivity contribution in [3.05, 3.63) is 59.3 Å². The van der Waals surface area contributed by atoms with E-state index in [1.165, 1.54) is 11.1 Å². The van der Waals surface area contributed by atoms with Crippen molar-refractivity contribution in [3.63, 3.8) is 0 Å². The Hall–Kier alpha value is -2.54. The zero-order valence-electron chi connectivity index (χ0n) is 17.7. The van der Waals surface area contributed by atoms with Gasteiger partial charge in [-0.25, -0.2) is 9.78 Å². The molecule has 6 nitrogen and oxygen atoms in total. The van der Waals surface area contributed by atoms with E-state index in [4.69, 9.17) is 4.74 Å². The first kappa shape index (κ1) is 20.4. The van der Waals surface area contributed by atoms with Crippen molar-refractivity contribution in [1.29, 1.82) is 0 Å². The Kier molecular flexibility index (Phi) is 5.61. The molecule has 2 saturated heterocycles. The van der Waals surface area contributed by atoms with E-state index in [1.807, 2.05) is 34.1 Å². The maximum Gasteiger partial charge on any atom is 0.411 e. The lowest BCUT2D eigenvalue weighted by atomic mass is 9.98. The highest BCUT2D eigenvalue weighted by atomic mass is 32.2. The van der Waals surface area contributed by atoms with Gasteiger partial charge >= 0.3 is 6.09 Å². The van der Waals surface area contributed by atoms with Crippen LogP contribution in [0.3, 0.4) is 0 Å². The lowest BCUT2D eigenvalue weighted by Gasteiger charge is -2.38. The van der Waals surface area contributed by atoms with Gasteiger partial charge in [-0.2, -0.15) is 0 Å². The van der Waals surface area contributed by atoms with Gasteiger partial charge in [0.2, 0.25) is 0 Å². The number of thioether (sulfide) groups is 1. The van der Waals surface area contributed by atoms with Crippen molar-refractivity contribution in [1.82, 2.24) is 14.8 Å². The third-order valence-electron chi connectivity index (χ3n) is 6.50. The molecule has 0 saturated carbocycles. The quantitative estimate of drug-likeness (QED) is 0.653. The minimum absolute atomic E-state index is 0.00585. The van der Waals surface area contributed by atoms with Gasteiger partial charge in [0.1, 0.15) is 11.1 Å². The van der Waals surface area contributed by atoms with Gasteiger partial charge in [0.15, 0.2) is 0 Å². The molecule has 5 rings (SSSR count). The molecule has 31 heavy (non-hydrogen) atoms. The summed E-state index contributed by atoms with van der Waals surface area (Å²) in [5.41, 5.74) is 3.17. The number of nitrogens with zero attached hydrogens (tertiary/aromatic N) is 3. The molecule has 2 aromatic rings. The zero-order chi connectivity index (χ0) is 21.4. The van der Waals surface area contributed by atoms with Crippen molar-refractivity contribution >= 4 is 23.8 Å². The molecule has 2 aliphatic heterocycles. The van der Waals surface area contributed by atoms with Crippen LogP contribution in [0.15, 0.2) is 47.6 Å². The third-order valence-corrected chi connectivity index (χ3v) is 7.71. The van der Waals surface area contributed by atoms with Gasteiger partial charge in [0, 0.05) is 31.7 Å². The van der Waals surface area contributed by atoms with Crippen molar-refractivity contribution in [2.45, 2.75) is 55.8 Å². The second-order valence-electron chi connectivity index (χ2n) is 8.41. The van der Waals surface area contributed by atoms with Crippen LogP contribution in [0.1, 0.15) is 53.7 Å². The Labute approximate surface area is 187 Å². The molecule has 1 aliphatic carbocycles. The number of carbonyl (C=O) groups is 2. The first-order valence-corrected chi connectivity index (χ1v) is 12.1. The molecule has 1 aromatic heterocycles. The van der Waals surface area contributed by atoms with Gasteiger partial charge in [0.25, 0.3) is 5.91 Å². The fourth-order valence-electron chi connectivity index (χ4n) is 5.04. The van der Waals surface area contributed by atoms with Gasteiger partial charge in [0.05, 0.1) is 11.6 Å². The van der Waals surface area contributed by atoms with E-state index in [0.29, 0.717) is 18.7 Å². The molecule has 1 aromatic carbocycles. The van der Waals surface area contributed by atoms with E-state index in [-0.39, 0.29) is 30.2 Å². The van der Waals surface area contributed by atoms with Crippen LogP contribution in [0.5, 0.6) is 0 Å². The van der Waals surface area contributed by atoms with Crippen LogP contribution in [0.25, 0.3) is 0 Å². The molecule has 7 heteroatoms. The van der Waals surface area contributed by atoms with Crippen LogP contribution in [-0.4, -0.2) is 57.8 Å². The molecule has 162 valence electrons. The summed E-state index contributed by atoms with van der Waals surface area (Å²) in [6.07, 6.45) is 4.82. The van der Waals surface area contributed by atoms with Gasteiger partial charge in [-0.3, -0.25) is 9.69 Å². The van der Waals surface area contributed by atoms with E-state index in [1.54, 1.807) is 18.0 Å². The maximum atomic E-state index is 13.2. The fraction of sp³-hybridized carbons (Fsp3) is 0.458. The third kappa shape index (κ3) is 3.69. The number of ether oxygens (including phenoxy) is 1. The summed E-state index contributed by atoms with van der Waals surface area (Å²) in [5.74, 6) is 0.985. The van der Waals surface area contributed by atoms with Crippen LogP contribution in [0.4, 0.5) is 4.79 Å². The SMILES string of the molecule is CCCSc1ncccc1C(=O)N1CCC(N2C(=O)O[C@H]3Cc4ccccc4[C@H]32)CC1. The summed E-state index contributed by atoms with van der Waals surface area (Å²) in [4.78, 5) is 34.2. The van der Waals surface area contributed by atoms with E-state index >= 15 is 0 Å². The Morgan fingerprint density at radius 1 is 1.19 bits per heavy atom. The molecule has 0 unspecified atom stereocenters. The Balaban J connectivity index is 1.28. The highest BCUT2D eigenvalue weighted by molar-refractivity contribution is 7.99. The summed E-state index contributed by atoms with van der Waals surface area (Å²) in [5, 5.41) is 0.810. The summed E-state index contributed by atoms with van der Waals surface area (Å²) in [6, 6.07) is 12.1. The van der Waals surface area contributed by atoms with E-state index in [0.717, 1.165) is 36.5 Å². The number of hydrogen-bond acceptors (Lipinski definition) is 5. The number of hydrogen-bond donors (Lipinski definition) is 0. The van der Waals surface area contributed by atoms with Crippen LogP contribution in [0.2, 0.25) is 0 Å². The van der Waals surface area contributed by atoms with E-state index in [9.17, 15) is 9.59 Å². The monoisotopic (exact) mass is 437 g/mol. The van der Waals surface area contributed by atoms with Crippen molar-refractivity contribution in [2.24, 2.45) is 0 Å². The number of benzene rings is 1.